The van der Waals surface area contributed by atoms with E-state index in [0.29, 0.717) is 13.1 Å². The van der Waals surface area contributed by atoms with Crippen molar-refractivity contribution in [2.75, 3.05) is 29.9 Å². The fraction of sp³-hybridized carbons (Fsp3) is 0.421. The lowest BCUT2D eigenvalue weighted by molar-refractivity contribution is -0.119. The first-order valence-corrected chi connectivity index (χ1v) is 8.94. The van der Waals surface area contributed by atoms with Crippen molar-refractivity contribution in [3.63, 3.8) is 0 Å². The fourth-order valence-electron chi connectivity index (χ4n) is 3.98. The van der Waals surface area contributed by atoms with E-state index < -0.39 is 0 Å². The molecule has 0 aliphatic carbocycles. The highest BCUT2D eigenvalue weighted by Gasteiger charge is 2.35. The van der Waals surface area contributed by atoms with Crippen LogP contribution in [-0.2, 0) is 23.1 Å². The summed E-state index contributed by atoms with van der Waals surface area (Å²) < 4.78 is 1.77. The summed E-state index contributed by atoms with van der Waals surface area (Å²) >= 11 is 0. The van der Waals surface area contributed by atoms with Gasteiger partial charge in [0.2, 0.25) is 11.8 Å². The predicted octanol–water partition coefficient (Wildman–Crippen LogP) is 1.27. The van der Waals surface area contributed by atoms with Gasteiger partial charge in [0, 0.05) is 57.1 Å². The number of benzene rings is 1. The molecule has 2 N–H and O–H groups in total. The third-order valence-electron chi connectivity index (χ3n) is 5.33. The molecule has 4 rings (SSSR count). The number of rotatable bonds is 3. The van der Waals surface area contributed by atoms with Gasteiger partial charge in [-0.25, -0.2) is 0 Å². The highest BCUT2D eigenvalue weighted by molar-refractivity contribution is 5.96. The van der Waals surface area contributed by atoms with Crippen molar-refractivity contribution in [2.24, 2.45) is 13.0 Å². The zero-order valence-corrected chi connectivity index (χ0v) is 15.0. The zero-order valence-electron chi connectivity index (χ0n) is 15.0. The summed E-state index contributed by atoms with van der Waals surface area (Å²) in [5.41, 5.74) is 3.93. The smallest absolute Gasteiger partial charge is 0.229 e. The van der Waals surface area contributed by atoms with Crippen LogP contribution in [0.25, 0.3) is 0 Å². The second-order valence-corrected chi connectivity index (χ2v) is 7.07. The summed E-state index contributed by atoms with van der Waals surface area (Å²) in [5, 5.41) is 10.6. The van der Waals surface area contributed by atoms with Crippen molar-refractivity contribution in [3.05, 3.63) is 41.7 Å². The van der Waals surface area contributed by atoms with Crippen LogP contribution < -0.4 is 15.5 Å². The first-order valence-electron chi connectivity index (χ1n) is 8.94. The number of carbonyl (C=O) groups excluding carboxylic acids is 2. The van der Waals surface area contributed by atoms with E-state index in [-0.39, 0.29) is 23.7 Å². The number of hydrogen-bond donors (Lipinski definition) is 2. The molecule has 0 radical (unpaired) electrons. The van der Waals surface area contributed by atoms with Gasteiger partial charge >= 0.3 is 0 Å². The Kier molecular flexibility index (Phi) is 4.24. The van der Waals surface area contributed by atoms with Crippen molar-refractivity contribution in [1.29, 1.82) is 0 Å². The van der Waals surface area contributed by atoms with Crippen LogP contribution in [0.5, 0.6) is 0 Å². The number of amides is 2. The Labute approximate surface area is 152 Å². The van der Waals surface area contributed by atoms with E-state index in [1.807, 2.05) is 37.6 Å². The van der Waals surface area contributed by atoms with Crippen LogP contribution in [0.15, 0.2) is 30.6 Å². The zero-order chi connectivity index (χ0) is 18.3. The number of aromatic nitrogens is 2. The van der Waals surface area contributed by atoms with Gasteiger partial charge in [0.05, 0.1) is 12.1 Å². The minimum atomic E-state index is -0.124. The second-order valence-electron chi connectivity index (χ2n) is 7.07. The number of hydrogen-bond acceptors (Lipinski definition) is 4. The Morgan fingerprint density at radius 2 is 2.15 bits per heavy atom. The average molecular weight is 353 g/mol. The van der Waals surface area contributed by atoms with Gasteiger partial charge in [-0.2, -0.15) is 5.10 Å². The Balaban J connectivity index is 1.49. The van der Waals surface area contributed by atoms with Crippen molar-refractivity contribution < 1.29 is 9.59 Å². The molecule has 7 heteroatoms. The van der Waals surface area contributed by atoms with E-state index in [2.05, 4.69) is 15.7 Å². The molecule has 2 aliphatic heterocycles. The normalized spacial score (nSPS) is 21.7. The Morgan fingerprint density at radius 1 is 1.31 bits per heavy atom. The Hall–Kier alpha value is -2.67. The van der Waals surface area contributed by atoms with E-state index in [9.17, 15) is 9.59 Å². The lowest BCUT2D eigenvalue weighted by atomic mass is 9.90. The number of aryl methyl sites for hydroxylation is 1. The van der Waals surface area contributed by atoms with E-state index in [1.165, 1.54) is 0 Å². The van der Waals surface area contributed by atoms with Crippen LogP contribution in [0.4, 0.5) is 11.4 Å². The molecule has 0 bridgehead atoms. The minimum absolute atomic E-state index is 0.0187. The number of nitrogens with zero attached hydrogens (tertiary/aromatic N) is 3. The fourth-order valence-corrected chi connectivity index (χ4v) is 3.98. The number of anilines is 2. The molecular formula is C19H23N5O2. The van der Waals surface area contributed by atoms with Crippen LogP contribution in [0.2, 0.25) is 0 Å². The van der Waals surface area contributed by atoms with Gasteiger partial charge in [-0.3, -0.25) is 14.3 Å². The lowest BCUT2D eigenvalue weighted by Gasteiger charge is -2.18. The van der Waals surface area contributed by atoms with Crippen LogP contribution >= 0.6 is 0 Å². The summed E-state index contributed by atoms with van der Waals surface area (Å²) in [6.45, 7) is 3.73. The largest absolute Gasteiger partial charge is 0.326 e. The topological polar surface area (TPSA) is 79.3 Å². The van der Waals surface area contributed by atoms with Gasteiger partial charge in [-0.05, 0) is 35.7 Å². The minimum Gasteiger partial charge on any atom is -0.326 e. The second kappa shape index (κ2) is 6.57. The first-order chi connectivity index (χ1) is 12.5. The summed E-state index contributed by atoms with van der Waals surface area (Å²) in [7, 11) is 1.88. The highest BCUT2D eigenvalue weighted by Crippen LogP contribution is 2.32. The molecule has 2 aliphatic rings. The number of fused-ring (bicyclic) bond motifs is 1. The van der Waals surface area contributed by atoms with E-state index in [1.54, 1.807) is 16.5 Å². The van der Waals surface area contributed by atoms with E-state index in [4.69, 9.17) is 0 Å². The van der Waals surface area contributed by atoms with Crippen molar-refractivity contribution in [3.8, 4) is 0 Å². The molecule has 1 aromatic carbocycles. The maximum absolute atomic E-state index is 12.8. The number of carbonyl (C=O) groups is 2. The lowest BCUT2D eigenvalue weighted by Crippen LogP contribution is -2.28. The first kappa shape index (κ1) is 16.8. The molecule has 3 heterocycles. The van der Waals surface area contributed by atoms with E-state index >= 15 is 0 Å². The summed E-state index contributed by atoms with van der Waals surface area (Å²) in [5.74, 6) is 0.0783. The quantitative estimate of drug-likeness (QED) is 0.871. The van der Waals surface area contributed by atoms with Crippen LogP contribution in [0, 0.1) is 5.92 Å². The van der Waals surface area contributed by atoms with Gasteiger partial charge < -0.3 is 15.5 Å². The van der Waals surface area contributed by atoms with E-state index in [0.717, 1.165) is 35.5 Å². The van der Waals surface area contributed by atoms with Crippen molar-refractivity contribution >= 4 is 23.2 Å². The van der Waals surface area contributed by atoms with Crippen molar-refractivity contribution in [1.82, 2.24) is 15.1 Å². The maximum Gasteiger partial charge on any atom is 0.229 e. The van der Waals surface area contributed by atoms with Gasteiger partial charge in [0.1, 0.15) is 0 Å². The molecule has 0 spiro atoms. The molecule has 1 aromatic heterocycles. The summed E-state index contributed by atoms with van der Waals surface area (Å²) in [6.07, 6.45) is 4.63. The molecule has 0 saturated carbocycles. The molecule has 0 unspecified atom stereocenters. The third-order valence-corrected chi connectivity index (χ3v) is 5.33. The molecule has 2 aromatic rings. The van der Waals surface area contributed by atoms with Gasteiger partial charge in [-0.15, -0.1) is 0 Å². The van der Waals surface area contributed by atoms with Crippen LogP contribution in [0.1, 0.15) is 24.0 Å². The maximum atomic E-state index is 12.8. The molecule has 1 saturated heterocycles. The standard InChI is InChI=1S/C19H23N5O2/c1-12(25)24-6-5-13-7-15(3-4-18(13)24)22-19(26)17-10-20-9-16(17)14-8-21-23(2)11-14/h3-4,7-8,11,16-17,20H,5-6,9-10H2,1-2H3,(H,22,26)/t16-,17+/m1/s1. The third kappa shape index (κ3) is 2.99. The predicted molar refractivity (Wildman–Crippen MR) is 99.1 cm³/mol. The van der Waals surface area contributed by atoms with Crippen LogP contribution in [-0.4, -0.2) is 41.2 Å². The molecule has 26 heavy (non-hydrogen) atoms. The Bertz CT molecular complexity index is 859. The molecule has 136 valence electrons. The molecule has 7 nitrogen and oxygen atoms in total. The van der Waals surface area contributed by atoms with Crippen molar-refractivity contribution in [2.45, 2.75) is 19.3 Å². The Morgan fingerprint density at radius 3 is 2.88 bits per heavy atom. The van der Waals surface area contributed by atoms with Gasteiger partial charge in [0.25, 0.3) is 0 Å². The molecular weight excluding hydrogens is 330 g/mol. The number of nitrogens with one attached hydrogen (secondary N) is 2. The average Bonchev–Trinajstić information content (AvgIpc) is 3.32. The molecule has 2 amide bonds. The van der Waals surface area contributed by atoms with Gasteiger partial charge in [0.15, 0.2) is 0 Å². The highest BCUT2D eigenvalue weighted by atomic mass is 16.2. The summed E-state index contributed by atoms with van der Waals surface area (Å²) in [4.78, 5) is 26.3. The monoisotopic (exact) mass is 353 g/mol. The molecule has 2 atom stereocenters. The molecule has 1 fully saturated rings. The summed E-state index contributed by atoms with van der Waals surface area (Å²) in [6, 6.07) is 5.78. The SMILES string of the molecule is CC(=O)N1CCc2cc(NC(=O)[C@H]3CNC[C@@H]3c3cnn(C)c3)ccc21. The van der Waals surface area contributed by atoms with Crippen LogP contribution in [0.3, 0.4) is 0 Å². The van der Waals surface area contributed by atoms with Gasteiger partial charge in [-0.1, -0.05) is 0 Å².